The summed E-state index contributed by atoms with van der Waals surface area (Å²) in [5.41, 5.74) is 2.12. The van der Waals surface area contributed by atoms with Crippen molar-refractivity contribution in [3.05, 3.63) is 83.9 Å². The third-order valence-corrected chi connectivity index (χ3v) is 4.54. The van der Waals surface area contributed by atoms with E-state index in [1.165, 1.54) is 6.07 Å². The zero-order valence-electron chi connectivity index (χ0n) is 14.5. The van der Waals surface area contributed by atoms with E-state index in [9.17, 15) is 14.6 Å². The fraction of sp³-hybridized carbons (Fsp3) is 0.190. The first-order chi connectivity index (χ1) is 12.5. The first-order valence-electron chi connectivity index (χ1n) is 8.36. The van der Waals surface area contributed by atoms with Gasteiger partial charge in [-0.3, -0.25) is 4.98 Å². The van der Waals surface area contributed by atoms with Crippen LogP contribution in [0.1, 0.15) is 18.1 Å². The molecule has 2 aromatic carbocycles. The summed E-state index contributed by atoms with van der Waals surface area (Å²) in [6.07, 6.45) is 3.34. The number of phenolic OH excluding ortho intramolecular Hbond substituents is 1. The van der Waals surface area contributed by atoms with Gasteiger partial charge in [-0.25, -0.2) is 4.39 Å². The number of aliphatic hydroxyl groups excluding tert-OH is 1. The van der Waals surface area contributed by atoms with Gasteiger partial charge in [-0.1, -0.05) is 24.3 Å². The molecule has 0 saturated heterocycles. The molecule has 0 bridgehead atoms. The quantitative estimate of drug-likeness (QED) is 0.634. The minimum atomic E-state index is -0.797. The van der Waals surface area contributed by atoms with Crippen LogP contribution >= 0.6 is 0 Å². The number of nitrogens with one attached hydrogen (secondary N) is 1. The van der Waals surface area contributed by atoms with Gasteiger partial charge >= 0.3 is 0 Å². The standard InChI is InChI=1S/C21H21FN2O2/c1-21(14-25,18-3-2-4-19(26)12-18)24-13-17-6-5-16(11-20(17)22)15-7-9-23-10-8-15/h2-12,24-26H,13-14H2,1H3. The van der Waals surface area contributed by atoms with Gasteiger partial charge in [0.2, 0.25) is 0 Å². The van der Waals surface area contributed by atoms with Crippen molar-refractivity contribution in [2.75, 3.05) is 6.61 Å². The van der Waals surface area contributed by atoms with Crippen molar-refractivity contribution in [3.63, 3.8) is 0 Å². The maximum atomic E-state index is 14.5. The minimum absolute atomic E-state index is 0.122. The van der Waals surface area contributed by atoms with Crippen LogP contribution in [-0.4, -0.2) is 21.8 Å². The van der Waals surface area contributed by atoms with E-state index in [1.54, 1.807) is 36.7 Å². The van der Waals surface area contributed by atoms with Crippen LogP contribution < -0.4 is 5.32 Å². The van der Waals surface area contributed by atoms with Crippen molar-refractivity contribution in [1.82, 2.24) is 10.3 Å². The number of hydrogen-bond acceptors (Lipinski definition) is 4. The van der Waals surface area contributed by atoms with Crippen LogP contribution in [0.2, 0.25) is 0 Å². The van der Waals surface area contributed by atoms with E-state index in [2.05, 4.69) is 10.3 Å². The second kappa shape index (κ2) is 7.64. The molecule has 0 aliphatic heterocycles. The third kappa shape index (κ3) is 3.90. The predicted octanol–water partition coefficient (Wildman–Crippen LogP) is 3.59. The van der Waals surface area contributed by atoms with E-state index in [0.29, 0.717) is 5.56 Å². The molecule has 134 valence electrons. The minimum Gasteiger partial charge on any atom is -0.508 e. The molecule has 3 rings (SSSR count). The number of aliphatic hydroxyl groups is 1. The topological polar surface area (TPSA) is 65.4 Å². The summed E-state index contributed by atoms with van der Waals surface area (Å²) in [4.78, 5) is 3.97. The SMILES string of the molecule is CC(CO)(NCc1ccc(-c2ccncc2)cc1F)c1cccc(O)c1. The van der Waals surface area contributed by atoms with E-state index in [-0.39, 0.29) is 24.7 Å². The van der Waals surface area contributed by atoms with Crippen molar-refractivity contribution in [1.29, 1.82) is 0 Å². The monoisotopic (exact) mass is 352 g/mol. The Morgan fingerprint density at radius 3 is 2.46 bits per heavy atom. The van der Waals surface area contributed by atoms with Crippen LogP contribution in [0.25, 0.3) is 11.1 Å². The Morgan fingerprint density at radius 1 is 1.04 bits per heavy atom. The van der Waals surface area contributed by atoms with Gasteiger partial charge in [0.05, 0.1) is 12.1 Å². The van der Waals surface area contributed by atoms with Gasteiger partial charge in [-0.05, 0) is 53.9 Å². The predicted molar refractivity (Wildman–Crippen MR) is 99.0 cm³/mol. The van der Waals surface area contributed by atoms with E-state index >= 15 is 0 Å². The lowest BCUT2D eigenvalue weighted by Crippen LogP contribution is -2.42. The highest BCUT2D eigenvalue weighted by atomic mass is 19.1. The summed E-state index contributed by atoms with van der Waals surface area (Å²) in [6.45, 7) is 1.87. The van der Waals surface area contributed by atoms with Crippen molar-refractivity contribution < 1.29 is 14.6 Å². The van der Waals surface area contributed by atoms with Gasteiger partial charge in [0, 0.05) is 24.5 Å². The first kappa shape index (κ1) is 18.0. The number of nitrogens with zero attached hydrogens (tertiary/aromatic N) is 1. The molecule has 1 heterocycles. The largest absolute Gasteiger partial charge is 0.508 e. The van der Waals surface area contributed by atoms with Crippen molar-refractivity contribution in [2.24, 2.45) is 0 Å². The van der Waals surface area contributed by atoms with Crippen molar-refractivity contribution in [3.8, 4) is 16.9 Å². The van der Waals surface area contributed by atoms with Crippen LogP contribution in [0.15, 0.2) is 67.0 Å². The molecule has 3 N–H and O–H groups in total. The number of hydrogen-bond donors (Lipinski definition) is 3. The molecule has 26 heavy (non-hydrogen) atoms. The number of rotatable bonds is 6. The van der Waals surface area contributed by atoms with Crippen LogP contribution in [0.5, 0.6) is 5.75 Å². The summed E-state index contributed by atoms with van der Waals surface area (Å²) in [5, 5.41) is 22.7. The van der Waals surface area contributed by atoms with E-state index in [4.69, 9.17) is 0 Å². The Balaban J connectivity index is 1.78. The molecular formula is C21H21FN2O2. The van der Waals surface area contributed by atoms with Crippen LogP contribution in [0.4, 0.5) is 4.39 Å². The van der Waals surface area contributed by atoms with Crippen molar-refractivity contribution in [2.45, 2.75) is 19.0 Å². The van der Waals surface area contributed by atoms with Crippen molar-refractivity contribution >= 4 is 0 Å². The Bertz CT molecular complexity index is 886. The van der Waals surface area contributed by atoms with Gasteiger partial charge in [0.1, 0.15) is 11.6 Å². The fourth-order valence-corrected chi connectivity index (χ4v) is 2.80. The molecule has 3 aromatic rings. The number of aromatic hydroxyl groups is 1. The molecule has 5 heteroatoms. The molecule has 0 aliphatic carbocycles. The molecule has 0 aliphatic rings. The van der Waals surface area contributed by atoms with Gasteiger partial charge in [-0.2, -0.15) is 0 Å². The lowest BCUT2D eigenvalue weighted by molar-refractivity contribution is 0.173. The Labute approximate surface area is 152 Å². The molecule has 1 unspecified atom stereocenters. The molecule has 1 aromatic heterocycles. The zero-order valence-corrected chi connectivity index (χ0v) is 14.5. The lowest BCUT2D eigenvalue weighted by atomic mass is 9.92. The summed E-state index contributed by atoms with van der Waals surface area (Å²) >= 11 is 0. The van der Waals surface area contributed by atoms with Gasteiger partial charge in [0.25, 0.3) is 0 Å². The second-order valence-corrected chi connectivity index (χ2v) is 6.44. The maximum absolute atomic E-state index is 14.5. The highest BCUT2D eigenvalue weighted by Crippen LogP contribution is 2.25. The fourth-order valence-electron chi connectivity index (χ4n) is 2.80. The number of pyridine rings is 1. The molecule has 1 atom stereocenters. The molecule has 0 saturated carbocycles. The molecular weight excluding hydrogens is 331 g/mol. The molecule has 4 nitrogen and oxygen atoms in total. The van der Waals surface area contributed by atoms with Gasteiger partial charge in [-0.15, -0.1) is 0 Å². The van der Waals surface area contributed by atoms with E-state index in [0.717, 1.165) is 16.7 Å². The average Bonchev–Trinajstić information content (AvgIpc) is 2.67. The van der Waals surface area contributed by atoms with E-state index < -0.39 is 5.54 Å². The zero-order chi connectivity index (χ0) is 18.6. The molecule has 0 amide bonds. The van der Waals surface area contributed by atoms with Gasteiger partial charge in [0.15, 0.2) is 0 Å². The summed E-state index contributed by atoms with van der Waals surface area (Å²) in [7, 11) is 0. The smallest absolute Gasteiger partial charge is 0.128 e. The number of aromatic nitrogens is 1. The van der Waals surface area contributed by atoms with Gasteiger partial charge < -0.3 is 15.5 Å². The normalized spacial score (nSPS) is 13.3. The number of benzene rings is 2. The second-order valence-electron chi connectivity index (χ2n) is 6.44. The van der Waals surface area contributed by atoms with Crippen LogP contribution in [0, 0.1) is 5.82 Å². The molecule has 0 radical (unpaired) electrons. The average molecular weight is 352 g/mol. The first-order valence-corrected chi connectivity index (χ1v) is 8.36. The molecule has 0 fully saturated rings. The lowest BCUT2D eigenvalue weighted by Gasteiger charge is -2.30. The summed E-state index contributed by atoms with van der Waals surface area (Å²) in [6, 6.07) is 15.4. The Morgan fingerprint density at radius 2 is 1.81 bits per heavy atom. The Kier molecular flexibility index (Phi) is 5.30. The highest BCUT2D eigenvalue weighted by molar-refractivity contribution is 5.63. The molecule has 0 spiro atoms. The van der Waals surface area contributed by atoms with E-state index in [1.807, 2.05) is 31.2 Å². The highest BCUT2D eigenvalue weighted by Gasteiger charge is 2.25. The maximum Gasteiger partial charge on any atom is 0.128 e. The number of halogens is 1. The van der Waals surface area contributed by atoms with Crippen LogP contribution in [0.3, 0.4) is 0 Å². The Hall–Kier alpha value is -2.76. The summed E-state index contributed by atoms with van der Waals surface area (Å²) in [5.74, 6) is -0.195. The van der Waals surface area contributed by atoms with Crippen LogP contribution in [-0.2, 0) is 12.1 Å². The summed E-state index contributed by atoms with van der Waals surface area (Å²) < 4.78 is 14.5. The number of phenols is 1. The third-order valence-electron chi connectivity index (χ3n) is 4.54.